The maximum absolute atomic E-state index is 11.0. The molecule has 5 heteroatoms. The molecule has 0 aromatic carbocycles. The maximum atomic E-state index is 11.0. The summed E-state index contributed by atoms with van der Waals surface area (Å²) in [6, 6.07) is 0. The van der Waals surface area contributed by atoms with Gasteiger partial charge in [-0.3, -0.25) is 9.59 Å². The minimum atomic E-state index is -0.839. The first kappa shape index (κ1) is 13.9. The van der Waals surface area contributed by atoms with Crippen LogP contribution in [0.4, 0.5) is 0 Å². The number of carbonyl (C=O) groups excluding carboxylic acids is 2. The zero-order chi connectivity index (χ0) is 11.7. The summed E-state index contributed by atoms with van der Waals surface area (Å²) < 4.78 is 9.18. The second-order valence-electron chi connectivity index (χ2n) is 3.19. The Morgan fingerprint density at radius 2 is 2.00 bits per heavy atom. The minimum Gasteiger partial charge on any atom is -0.469 e. The normalized spacial score (nSPS) is 11.9. The number of aliphatic hydroxyl groups is 1. The van der Waals surface area contributed by atoms with E-state index in [2.05, 4.69) is 4.74 Å². The lowest BCUT2D eigenvalue weighted by Gasteiger charge is -2.09. The van der Waals surface area contributed by atoms with E-state index < -0.39 is 18.0 Å². The summed E-state index contributed by atoms with van der Waals surface area (Å²) in [4.78, 5) is 21.8. The fourth-order valence-electron chi connectivity index (χ4n) is 0.956. The van der Waals surface area contributed by atoms with Gasteiger partial charge in [-0.1, -0.05) is 6.92 Å². The molecular formula is C10H18O5. The number of carbonyl (C=O) groups is 2. The molecule has 0 amide bonds. The van der Waals surface area contributed by atoms with Crippen LogP contribution in [-0.4, -0.2) is 36.9 Å². The molecule has 5 nitrogen and oxygen atoms in total. The largest absolute Gasteiger partial charge is 0.469 e. The number of rotatable bonds is 7. The Bertz CT molecular complexity index is 202. The molecule has 88 valence electrons. The highest BCUT2D eigenvalue weighted by Crippen LogP contribution is 2.04. The van der Waals surface area contributed by atoms with Gasteiger partial charge in [-0.05, 0) is 12.8 Å². The minimum absolute atomic E-state index is 0.0724. The monoisotopic (exact) mass is 218 g/mol. The second-order valence-corrected chi connectivity index (χ2v) is 3.19. The zero-order valence-electron chi connectivity index (χ0n) is 9.19. The van der Waals surface area contributed by atoms with Gasteiger partial charge < -0.3 is 14.6 Å². The summed E-state index contributed by atoms with van der Waals surface area (Å²) in [5.74, 6) is -0.829. The van der Waals surface area contributed by atoms with Crippen molar-refractivity contribution in [2.24, 2.45) is 0 Å². The van der Waals surface area contributed by atoms with E-state index >= 15 is 0 Å². The van der Waals surface area contributed by atoms with Gasteiger partial charge in [0.1, 0.15) is 0 Å². The topological polar surface area (TPSA) is 72.8 Å². The van der Waals surface area contributed by atoms with Gasteiger partial charge in [-0.2, -0.15) is 0 Å². The van der Waals surface area contributed by atoms with Crippen molar-refractivity contribution >= 4 is 11.9 Å². The highest BCUT2D eigenvalue weighted by Gasteiger charge is 2.13. The third-order valence-corrected chi connectivity index (χ3v) is 1.78. The van der Waals surface area contributed by atoms with Crippen LogP contribution in [0, 0.1) is 0 Å². The van der Waals surface area contributed by atoms with Crippen LogP contribution >= 0.6 is 0 Å². The number of hydrogen-bond acceptors (Lipinski definition) is 5. The predicted octanol–water partition coefficient (Wildman–Crippen LogP) is 0.644. The van der Waals surface area contributed by atoms with Gasteiger partial charge in [-0.15, -0.1) is 0 Å². The number of esters is 2. The van der Waals surface area contributed by atoms with E-state index in [0.29, 0.717) is 6.61 Å². The predicted molar refractivity (Wildman–Crippen MR) is 53.1 cm³/mol. The van der Waals surface area contributed by atoms with E-state index in [4.69, 9.17) is 4.74 Å². The quantitative estimate of drug-likeness (QED) is 0.635. The Morgan fingerprint density at radius 1 is 1.33 bits per heavy atom. The van der Waals surface area contributed by atoms with Gasteiger partial charge in [0.05, 0.1) is 26.2 Å². The SMILES string of the molecule is CCCOC(=O)C[C@@H](O)CCC(=O)OC. The molecule has 0 aromatic heterocycles. The summed E-state index contributed by atoms with van der Waals surface area (Å²) in [6.07, 6.45) is 0.168. The summed E-state index contributed by atoms with van der Waals surface area (Å²) in [5, 5.41) is 9.35. The van der Waals surface area contributed by atoms with Crippen molar-refractivity contribution in [1.82, 2.24) is 0 Å². The lowest BCUT2D eigenvalue weighted by molar-refractivity contribution is -0.147. The van der Waals surface area contributed by atoms with Crippen molar-refractivity contribution in [3.8, 4) is 0 Å². The first-order valence-corrected chi connectivity index (χ1v) is 5.00. The molecule has 0 heterocycles. The summed E-state index contributed by atoms with van der Waals surface area (Å²) >= 11 is 0. The Kier molecular flexibility index (Phi) is 7.62. The molecule has 0 saturated carbocycles. The van der Waals surface area contributed by atoms with Gasteiger partial charge in [0, 0.05) is 6.42 Å². The molecule has 0 spiro atoms. The Hall–Kier alpha value is -1.10. The lowest BCUT2D eigenvalue weighted by atomic mass is 10.1. The Morgan fingerprint density at radius 3 is 2.53 bits per heavy atom. The number of ether oxygens (including phenoxy) is 2. The number of aliphatic hydroxyl groups excluding tert-OH is 1. The molecule has 1 atom stereocenters. The summed E-state index contributed by atoms with van der Waals surface area (Å²) in [5.41, 5.74) is 0. The van der Waals surface area contributed by atoms with Gasteiger partial charge in [0.2, 0.25) is 0 Å². The van der Waals surface area contributed by atoms with Crippen LogP contribution in [0.15, 0.2) is 0 Å². The molecule has 0 radical (unpaired) electrons. The summed E-state index contributed by atoms with van der Waals surface area (Å²) in [6.45, 7) is 2.25. The van der Waals surface area contributed by atoms with E-state index in [0.717, 1.165) is 6.42 Å². The number of hydrogen-bond donors (Lipinski definition) is 1. The van der Waals surface area contributed by atoms with E-state index in [-0.39, 0.29) is 19.3 Å². The molecule has 0 aliphatic rings. The second kappa shape index (κ2) is 8.23. The molecule has 0 rings (SSSR count). The molecule has 0 bridgehead atoms. The third kappa shape index (κ3) is 7.93. The first-order valence-electron chi connectivity index (χ1n) is 5.00. The molecule has 0 fully saturated rings. The van der Waals surface area contributed by atoms with Crippen LogP contribution in [0.2, 0.25) is 0 Å². The van der Waals surface area contributed by atoms with Crippen LogP contribution in [0.25, 0.3) is 0 Å². The third-order valence-electron chi connectivity index (χ3n) is 1.78. The van der Waals surface area contributed by atoms with Crippen molar-refractivity contribution in [2.75, 3.05) is 13.7 Å². The maximum Gasteiger partial charge on any atom is 0.308 e. The van der Waals surface area contributed by atoms with Crippen LogP contribution in [0.5, 0.6) is 0 Å². The molecule has 15 heavy (non-hydrogen) atoms. The van der Waals surface area contributed by atoms with Crippen molar-refractivity contribution in [1.29, 1.82) is 0 Å². The lowest BCUT2D eigenvalue weighted by Crippen LogP contribution is -2.17. The van der Waals surface area contributed by atoms with Crippen LogP contribution in [0.3, 0.4) is 0 Å². The highest BCUT2D eigenvalue weighted by molar-refractivity contribution is 5.71. The molecule has 1 N–H and O–H groups in total. The average Bonchev–Trinajstić information content (AvgIpc) is 2.22. The Balaban J connectivity index is 3.59. The number of methoxy groups -OCH3 is 1. The molecule has 0 aliphatic carbocycles. The van der Waals surface area contributed by atoms with Crippen LogP contribution in [0.1, 0.15) is 32.6 Å². The molecule has 0 saturated heterocycles. The van der Waals surface area contributed by atoms with E-state index in [1.165, 1.54) is 7.11 Å². The zero-order valence-corrected chi connectivity index (χ0v) is 9.19. The highest BCUT2D eigenvalue weighted by atomic mass is 16.5. The van der Waals surface area contributed by atoms with Gasteiger partial charge >= 0.3 is 11.9 Å². The molecule has 0 unspecified atom stereocenters. The van der Waals surface area contributed by atoms with Crippen molar-refractivity contribution in [2.45, 2.75) is 38.7 Å². The first-order chi connectivity index (χ1) is 7.10. The van der Waals surface area contributed by atoms with Crippen LogP contribution < -0.4 is 0 Å². The van der Waals surface area contributed by atoms with Gasteiger partial charge in [-0.25, -0.2) is 0 Å². The van der Waals surface area contributed by atoms with Crippen LogP contribution in [-0.2, 0) is 19.1 Å². The molecular weight excluding hydrogens is 200 g/mol. The van der Waals surface area contributed by atoms with E-state index in [1.807, 2.05) is 6.92 Å². The van der Waals surface area contributed by atoms with Gasteiger partial charge in [0.25, 0.3) is 0 Å². The molecule has 0 aromatic rings. The van der Waals surface area contributed by atoms with E-state index in [9.17, 15) is 14.7 Å². The summed E-state index contributed by atoms with van der Waals surface area (Å²) in [7, 11) is 1.28. The smallest absolute Gasteiger partial charge is 0.308 e. The van der Waals surface area contributed by atoms with Crippen molar-refractivity contribution in [3.05, 3.63) is 0 Å². The Labute approximate surface area is 89.4 Å². The molecule has 0 aliphatic heterocycles. The standard InChI is InChI=1S/C10H18O5/c1-3-6-15-10(13)7-8(11)4-5-9(12)14-2/h8,11H,3-7H2,1-2H3/t8-/m0/s1. The average molecular weight is 218 g/mol. The fraction of sp³-hybridized carbons (Fsp3) is 0.800. The fourth-order valence-corrected chi connectivity index (χ4v) is 0.956. The van der Waals surface area contributed by atoms with E-state index in [1.54, 1.807) is 0 Å². The van der Waals surface area contributed by atoms with Crippen molar-refractivity contribution < 1.29 is 24.2 Å². The van der Waals surface area contributed by atoms with Crippen molar-refractivity contribution in [3.63, 3.8) is 0 Å². The van der Waals surface area contributed by atoms with Gasteiger partial charge in [0.15, 0.2) is 0 Å².